The van der Waals surface area contributed by atoms with Crippen LogP contribution in [0.3, 0.4) is 0 Å². The highest BCUT2D eigenvalue weighted by Crippen LogP contribution is 2.15. The lowest BCUT2D eigenvalue weighted by atomic mass is 10.1. The van der Waals surface area contributed by atoms with Crippen molar-refractivity contribution in [3.63, 3.8) is 0 Å². The van der Waals surface area contributed by atoms with Gasteiger partial charge in [-0.3, -0.25) is 0 Å². The Labute approximate surface area is 150 Å². The number of hydrogen-bond donors (Lipinski definition) is 0. The zero-order valence-corrected chi connectivity index (χ0v) is 15.8. The number of benzene rings is 1. The number of unbranched alkanes of at least 4 members (excludes halogenated alkanes) is 9. The summed E-state index contributed by atoms with van der Waals surface area (Å²) in [6.45, 7) is 0.780. The van der Waals surface area contributed by atoms with E-state index in [1.807, 2.05) is 24.3 Å². The zero-order valence-electron chi connectivity index (χ0n) is 14.2. The van der Waals surface area contributed by atoms with E-state index in [2.05, 4.69) is 22.0 Å². The van der Waals surface area contributed by atoms with Gasteiger partial charge in [0.05, 0.1) is 19.1 Å². The Balaban J connectivity index is 1.92. The van der Waals surface area contributed by atoms with E-state index in [1.165, 1.54) is 57.8 Å². The quantitative estimate of drug-likeness (QED) is 0.275. The maximum absolute atomic E-state index is 8.71. The van der Waals surface area contributed by atoms with Crippen LogP contribution in [0.2, 0.25) is 0 Å². The molecule has 0 fully saturated rings. The van der Waals surface area contributed by atoms with Crippen molar-refractivity contribution in [2.75, 3.05) is 11.9 Å². The predicted octanol–water partition coefficient (Wildman–Crippen LogP) is 6.43. The Morgan fingerprint density at radius 3 is 2.09 bits per heavy atom. The third-order valence-electron chi connectivity index (χ3n) is 3.98. The van der Waals surface area contributed by atoms with Gasteiger partial charge in [0.2, 0.25) is 0 Å². The molecule has 23 heavy (non-hydrogen) atoms. The van der Waals surface area contributed by atoms with Crippen LogP contribution in [0.15, 0.2) is 24.3 Å². The molecule has 1 aromatic rings. The first-order valence-corrected chi connectivity index (χ1v) is 10.1. The molecule has 0 aliphatic rings. The first-order valence-electron chi connectivity index (χ1n) is 9.01. The standard InChI is InChI=1S/C20H30BrNO/c21-15-9-7-5-3-1-2-4-6-8-10-17-23-20-13-11-12-19(18-20)14-16-22/h11-13,18H,1-10,14-15,17H2. The fourth-order valence-corrected chi connectivity index (χ4v) is 3.03. The summed E-state index contributed by atoms with van der Waals surface area (Å²) in [6.07, 6.45) is 13.8. The van der Waals surface area contributed by atoms with Gasteiger partial charge < -0.3 is 4.74 Å². The van der Waals surface area contributed by atoms with Gasteiger partial charge in [-0.1, -0.05) is 79.4 Å². The van der Waals surface area contributed by atoms with Crippen molar-refractivity contribution in [3.8, 4) is 11.8 Å². The van der Waals surface area contributed by atoms with Crippen molar-refractivity contribution in [3.05, 3.63) is 29.8 Å². The van der Waals surface area contributed by atoms with Gasteiger partial charge in [-0.25, -0.2) is 0 Å². The smallest absolute Gasteiger partial charge is 0.119 e. The summed E-state index contributed by atoms with van der Waals surface area (Å²) in [5.74, 6) is 0.890. The van der Waals surface area contributed by atoms with E-state index in [1.54, 1.807) is 0 Å². The lowest BCUT2D eigenvalue weighted by Crippen LogP contribution is -1.97. The Morgan fingerprint density at radius 1 is 0.870 bits per heavy atom. The van der Waals surface area contributed by atoms with E-state index in [9.17, 15) is 0 Å². The highest BCUT2D eigenvalue weighted by Gasteiger charge is 1.97. The van der Waals surface area contributed by atoms with Crippen molar-refractivity contribution >= 4 is 15.9 Å². The molecular weight excluding hydrogens is 350 g/mol. The zero-order chi connectivity index (χ0) is 16.6. The molecule has 1 aromatic carbocycles. The van der Waals surface area contributed by atoms with Crippen molar-refractivity contribution < 1.29 is 4.74 Å². The molecule has 0 spiro atoms. The molecule has 0 aromatic heterocycles. The van der Waals surface area contributed by atoms with Gasteiger partial charge in [0, 0.05) is 5.33 Å². The summed E-state index contributed by atoms with van der Waals surface area (Å²) in [6, 6.07) is 10.0. The molecule has 0 heterocycles. The van der Waals surface area contributed by atoms with Crippen LogP contribution in [0.25, 0.3) is 0 Å². The number of nitrogens with zero attached hydrogens (tertiary/aromatic N) is 1. The molecule has 2 nitrogen and oxygen atoms in total. The van der Waals surface area contributed by atoms with Gasteiger partial charge in [-0.2, -0.15) is 5.26 Å². The molecule has 0 radical (unpaired) electrons. The van der Waals surface area contributed by atoms with Crippen molar-refractivity contribution in [2.45, 2.75) is 70.6 Å². The van der Waals surface area contributed by atoms with Gasteiger partial charge in [0.1, 0.15) is 5.75 Å². The minimum Gasteiger partial charge on any atom is -0.494 e. The Hall–Kier alpha value is -1.01. The normalized spacial score (nSPS) is 10.4. The Bertz CT molecular complexity index is 442. The molecule has 3 heteroatoms. The van der Waals surface area contributed by atoms with E-state index in [4.69, 9.17) is 10.00 Å². The van der Waals surface area contributed by atoms with Crippen LogP contribution in [-0.4, -0.2) is 11.9 Å². The van der Waals surface area contributed by atoms with Crippen molar-refractivity contribution in [2.24, 2.45) is 0 Å². The third kappa shape index (κ3) is 11.2. The van der Waals surface area contributed by atoms with Crippen LogP contribution < -0.4 is 4.74 Å². The lowest BCUT2D eigenvalue weighted by Gasteiger charge is -2.07. The average molecular weight is 380 g/mol. The molecule has 0 aliphatic carbocycles. The Morgan fingerprint density at radius 2 is 1.48 bits per heavy atom. The van der Waals surface area contributed by atoms with Gasteiger partial charge in [-0.05, 0) is 30.5 Å². The first-order chi connectivity index (χ1) is 11.4. The molecule has 0 atom stereocenters. The molecular formula is C20H30BrNO. The molecule has 128 valence electrons. The van der Waals surface area contributed by atoms with Crippen LogP contribution in [0, 0.1) is 11.3 Å². The summed E-state index contributed by atoms with van der Waals surface area (Å²) in [4.78, 5) is 0. The van der Waals surface area contributed by atoms with Gasteiger partial charge in [0.15, 0.2) is 0 Å². The highest BCUT2D eigenvalue weighted by molar-refractivity contribution is 9.09. The number of alkyl halides is 1. The second kappa shape index (κ2) is 14.6. The summed E-state index contributed by atoms with van der Waals surface area (Å²) in [5, 5.41) is 9.86. The van der Waals surface area contributed by atoms with E-state index in [-0.39, 0.29) is 0 Å². The molecule has 0 saturated heterocycles. The van der Waals surface area contributed by atoms with Crippen LogP contribution >= 0.6 is 15.9 Å². The molecule has 0 saturated carbocycles. The van der Waals surface area contributed by atoms with Crippen LogP contribution in [0.5, 0.6) is 5.75 Å². The lowest BCUT2D eigenvalue weighted by molar-refractivity contribution is 0.304. The molecule has 0 aliphatic heterocycles. The first kappa shape index (κ1) is 20.0. The number of hydrogen-bond acceptors (Lipinski definition) is 2. The molecule has 0 N–H and O–H groups in total. The minimum absolute atomic E-state index is 0.452. The largest absolute Gasteiger partial charge is 0.494 e. The average Bonchev–Trinajstić information content (AvgIpc) is 2.56. The minimum atomic E-state index is 0.452. The number of halogens is 1. The molecule has 0 amide bonds. The van der Waals surface area contributed by atoms with E-state index >= 15 is 0 Å². The van der Waals surface area contributed by atoms with Crippen LogP contribution in [0.1, 0.15) is 69.8 Å². The third-order valence-corrected chi connectivity index (χ3v) is 4.54. The maximum atomic E-state index is 8.71. The summed E-state index contributed by atoms with van der Waals surface area (Å²) in [5.41, 5.74) is 1.03. The highest BCUT2D eigenvalue weighted by atomic mass is 79.9. The summed E-state index contributed by atoms with van der Waals surface area (Å²) >= 11 is 3.48. The van der Waals surface area contributed by atoms with E-state index in [0.717, 1.165) is 29.7 Å². The van der Waals surface area contributed by atoms with Crippen LogP contribution in [-0.2, 0) is 6.42 Å². The van der Waals surface area contributed by atoms with Crippen molar-refractivity contribution in [1.29, 1.82) is 5.26 Å². The fraction of sp³-hybridized carbons (Fsp3) is 0.650. The monoisotopic (exact) mass is 379 g/mol. The summed E-state index contributed by atoms with van der Waals surface area (Å²) < 4.78 is 5.76. The molecule has 0 bridgehead atoms. The topological polar surface area (TPSA) is 33.0 Å². The number of ether oxygens (including phenoxy) is 1. The van der Waals surface area contributed by atoms with Gasteiger partial charge in [0.25, 0.3) is 0 Å². The molecule has 0 unspecified atom stereocenters. The van der Waals surface area contributed by atoms with Gasteiger partial charge in [-0.15, -0.1) is 0 Å². The Kier molecular flexibility index (Phi) is 12.7. The van der Waals surface area contributed by atoms with Crippen molar-refractivity contribution in [1.82, 2.24) is 0 Å². The van der Waals surface area contributed by atoms with Crippen LogP contribution in [0.4, 0.5) is 0 Å². The van der Waals surface area contributed by atoms with E-state index < -0.39 is 0 Å². The SMILES string of the molecule is N#CCc1cccc(OCCCCCCCCCCCCBr)c1. The second-order valence-electron chi connectivity index (χ2n) is 6.06. The maximum Gasteiger partial charge on any atom is 0.119 e. The number of nitriles is 1. The summed E-state index contributed by atoms with van der Waals surface area (Å²) in [7, 11) is 0. The van der Waals surface area contributed by atoms with E-state index in [0.29, 0.717) is 6.42 Å². The second-order valence-corrected chi connectivity index (χ2v) is 6.85. The van der Waals surface area contributed by atoms with Gasteiger partial charge >= 0.3 is 0 Å². The number of rotatable bonds is 14. The fourth-order valence-electron chi connectivity index (χ4n) is 2.64. The predicted molar refractivity (Wildman–Crippen MR) is 101 cm³/mol. The molecule has 1 rings (SSSR count).